The summed E-state index contributed by atoms with van der Waals surface area (Å²) in [5.41, 5.74) is 0.973. The van der Waals surface area contributed by atoms with Gasteiger partial charge in [-0.05, 0) is 58.4 Å². The number of thiophene rings is 2. The van der Waals surface area contributed by atoms with Crippen LogP contribution in [-0.2, 0) is 16.6 Å². The summed E-state index contributed by atoms with van der Waals surface area (Å²) in [7, 11) is -1.69. The van der Waals surface area contributed by atoms with Gasteiger partial charge in [0.2, 0.25) is 10.0 Å². The molecule has 2 aromatic rings. The van der Waals surface area contributed by atoms with Crippen LogP contribution in [0.2, 0.25) is 0 Å². The van der Waals surface area contributed by atoms with Crippen LogP contribution in [0.3, 0.4) is 0 Å². The van der Waals surface area contributed by atoms with Gasteiger partial charge in [0.25, 0.3) is 0 Å². The third kappa shape index (κ3) is 3.69. The average Bonchev–Trinajstić information content (AvgIpc) is 2.98. The summed E-state index contributed by atoms with van der Waals surface area (Å²) in [6.07, 6.45) is 0. The summed E-state index contributed by atoms with van der Waals surface area (Å²) < 4.78 is 28.2. The molecule has 2 rings (SSSR count). The molecule has 2 heterocycles. The van der Waals surface area contributed by atoms with Crippen LogP contribution in [0.25, 0.3) is 0 Å². The van der Waals surface area contributed by atoms with E-state index in [1.54, 1.807) is 17.4 Å². The van der Waals surface area contributed by atoms with E-state index in [0.717, 1.165) is 10.4 Å². The molecule has 0 amide bonds. The minimum atomic E-state index is -3.52. The van der Waals surface area contributed by atoms with Gasteiger partial charge < -0.3 is 5.32 Å². The Balaban J connectivity index is 2.22. The largest absolute Gasteiger partial charge is 0.315 e. The molecule has 0 fully saturated rings. The van der Waals surface area contributed by atoms with Crippen molar-refractivity contribution in [3.8, 4) is 0 Å². The van der Waals surface area contributed by atoms with E-state index in [2.05, 4.69) is 26.0 Å². The summed E-state index contributed by atoms with van der Waals surface area (Å²) >= 11 is 6.32. The van der Waals surface area contributed by atoms with E-state index in [1.165, 1.54) is 11.3 Å². The van der Waals surface area contributed by atoms with Gasteiger partial charge in [-0.1, -0.05) is 0 Å². The van der Waals surface area contributed by atoms with E-state index in [-0.39, 0.29) is 6.04 Å². The monoisotopic (exact) mass is 394 g/mol. The van der Waals surface area contributed by atoms with Gasteiger partial charge in [0.05, 0.1) is 3.79 Å². The summed E-state index contributed by atoms with van der Waals surface area (Å²) in [6, 6.07) is 3.38. The van der Waals surface area contributed by atoms with Gasteiger partial charge in [0.15, 0.2) is 0 Å². The zero-order valence-electron chi connectivity index (χ0n) is 11.0. The Hall–Kier alpha value is -0.250. The molecule has 110 valence electrons. The van der Waals surface area contributed by atoms with E-state index in [9.17, 15) is 8.42 Å². The van der Waals surface area contributed by atoms with Crippen molar-refractivity contribution in [2.75, 3.05) is 7.05 Å². The summed E-state index contributed by atoms with van der Waals surface area (Å²) in [6.45, 7) is 2.49. The Morgan fingerprint density at radius 2 is 2.20 bits per heavy atom. The predicted molar refractivity (Wildman–Crippen MR) is 87.8 cm³/mol. The number of hydrogen-bond donors (Lipinski definition) is 2. The molecule has 0 bridgehead atoms. The normalized spacial score (nSPS) is 13.6. The number of nitrogens with one attached hydrogen (secondary N) is 2. The highest BCUT2D eigenvalue weighted by atomic mass is 79.9. The topological polar surface area (TPSA) is 58.2 Å². The second kappa shape index (κ2) is 6.67. The predicted octanol–water partition coefficient (Wildman–Crippen LogP) is 3.33. The number of halogens is 1. The van der Waals surface area contributed by atoms with Crippen molar-refractivity contribution in [1.82, 2.24) is 10.0 Å². The second-order valence-electron chi connectivity index (χ2n) is 4.28. The fourth-order valence-corrected chi connectivity index (χ4v) is 6.41. The van der Waals surface area contributed by atoms with Crippen LogP contribution in [0.4, 0.5) is 0 Å². The molecule has 1 unspecified atom stereocenters. The molecule has 1 atom stereocenters. The lowest BCUT2D eigenvalue weighted by atomic mass is 10.2. The second-order valence-corrected chi connectivity index (χ2v) is 9.20. The van der Waals surface area contributed by atoms with Crippen LogP contribution in [0.5, 0.6) is 0 Å². The number of sulfonamides is 1. The first-order valence-corrected chi connectivity index (χ1v) is 9.95. The van der Waals surface area contributed by atoms with Gasteiger partial charge in [-0.3, -0.25) is 0 Å². The van der Waals surface area contributed by atoms with Crippen molar-refractivity contribution in [3.63, 3.8) is 0 Å². The summed E-state index contributed by atoms with van der Waals surface area (Å²) in [5, 5.41) is 6.90. The lowest BCUT2D eigenvalue weighted by Gasteiger charge is -2.12. The third-order valence-electron chi connectivity index (χ3n) is 2.72. The van der Waals surface area contributed by atoms with E-state index >= 15 is 0 Å². The fourth-order valence-electron chi connectivity index (χ4n) is 1.73. The first kappa shape index (κ1) is 16.1. The highest BCUT2D eigenvalue weighted by molar-refractivity contribution is 9.11. The highest BCUT2D eigenvalue weighted by Crippen LogP contribution is 2.32. The Labute approximate surface area is 135 Å². The van der Waals surface area contributed by atoms with Gasteiger partial charge in [0.1, 0.15) is 4.90 Å². The molecule has 0 aliphatic rings. The van der Waals surface area contributed by atoms with Crippen molar-refractivity contribution in [3.05, 3.63) is 37.1 Å². The quantitative estimate of drug-likeness (QED) is 0.789. The minimum absolute atomic E-state index is 0.245. The number of hydrogen-bond acceptors (Lipinski definition) is 5. The molecule has 2 N–H and O–H groups in total. The first-order chi connectivity index (χ1) is 9.44. The van der Waals surface area contributed by atoms with Gasteiger partial charge >= 0.3 is 0 Å². The van der Waals surface area contributed by atoms with Crippen LogP contribution >= 0.6 is 38.6 Å². The third-order valence-corrected chi connectivity index (χ3v) is 7.22. The van der Waals surface area contributed by atoms with E-state index in [0.29, 0.717) is 15.2 Å². The summed E-state index contributed by atoms with van der Waals surface area (Å²) in [4.78, 5) is 1.28. The average molecular weight is 395 g/mol. The smallest absolute Gasteiger partial charge is 0.243 e. The van der Waals surface area contributed by atoms with Crippen LogP contribution in [0.15, 0.2) is 31.6 Å². The molecule has 2 aromatic heterocycles. The first-order valence-electron chi connectivity index (χ1n) is 5.91. The zero-order chi connectivity index (χ0) is 14.8. The van der Waals surface area contributed by atoms with Crippen molar-refractivity contribution in [2.45, 2.75) is 24.4 Å². The summed E-state index contributed by atoms with van der Waals surface area (Å²) in [5.74, 6) is 0. The Morgan fingerprint density at radius 1 is 1.45 bits per heavy atom. The van der Waals surface area contributed by atoms with Gasteiger partial charge in [-0.25, -0.2) is 13.1 Å². The van der Waals surface area contributed by atoms with Gasteiger partial charge in [0, 0.05) is 17.5 Å². The molecule has 0 aliphatic heterocycles. The molecule has 0 saturated carbocycles. The van der Waals surface area contributed by atoms with Crippen LogP contribution in [-0.4, -0.2) is 15.5 Å². The lowest BCUT2D eigenvalue weighted by molar-refractivity contribution is 0.567. The van der Waals surface area contributed by atoms with Crippen molar-refractivity contribution >= 4 is 48.6 Å². The molecule has 4 nitrogen and oxygen atoms in total. The van der Waals surface area contributed by atoms with Crippen molar-refractivity contribution < 1.29 is 8.42 Å². The SMILES string of the molecule is CNCc1cc(S(=O)(=O)NC(C)c2ccsc2)c(Br)s1. The molecule has 0 saturated heterocycles. The fraction of sp³-hybridized carbons (Fsp3) is 0.333. The van der Waals surface area contributed by atoms with Crippen LogP contribution in [0, 0.1) is 0 Å². The molecule has 8 heteroatoms. The molecule has 0 aliphatic carbocycles. The van der Waals surface area contributed by atoms with Crippen LogP contribution < -0.4 is 10.0 Å². The van der Waals surface area contributed by atoms with Gasteiger partial charge in [-0.15, -0.1) is 11.3 Å². The van der Waals surface area contributed by atoms with E-state index in [1.807, 2.05) is 30.8 Å². The minimum Gasteiger partial charge on any atom is -0.315 e. The van der Waals surface area contributed by atoms with Crippen LogP contribution in [0.1, 0.15) is 23.4 Å². The van der Waals surface area contributed by atoms with E-state index in [4.69, 9.17) is 0 Å². The maximum absolute atomic E-state index is 12.4. The lowest BCUT2D eigenvalue weighted by Crippen LogP contribution is -2.26. The molecule has 0 aromatic carbocycles. The Morgan fingerprint density at radius 3 is 2.80 bits per heavy atom. The number of rotatable bonds is 6. The van der Waals surface area contributed by atoms with Crippen molar-refractivity contribution in [1.29, 1.82) is 0 Å². The standard InChI is InChI=1S/C12H15BrN2O2S3/c1-8(9-3-4-18-7-9)15-20(16,17)11-5-10(6-14-2)19-12(11)13/h3-5,7-8,14-15H,6H2,1-2H3. The molecule has 0 spiro atoms. The van der Waals surface area contributed by atoms with E-state index < -0.39 is 10.0 Å². The maximum atomic E-state index is 12.4. The maximum Gasteiger partial charge on any atom is 0.243 e. The highest BCUT2D eigenvalue weighted by Gasteiger charge is 2.23. The molecule has 0 radical (unpaired) electrons. The Bertz CT molecular complexity index is 665. The Kier molecular flexibility index (Phi) is 5.38. The van der Waals surface area contributed by atoms with Gasteiger partial charge in [-0.2, -0.15) is 11.3 Å². The molecule has 20 heavy (non-hydrogen) atoms. The zero-order valence-corrected chi connectivity index (χ0v) is 15.0. The molecular formula is C12H15BrN2O2S3. The molecular weight excluding hydrogens is 380 g/mol. The van der Waals surface area contributed by atoms with Crippen molar-refractivity contribution in [2.24, 2.45) is 0 Å².